The van der Waals surface area contributed by atoms with Crippen LogP contribution in [0.15, 0.2) is 53.6 Å². The van der Waals surface area contributed by atoms with Crippen molar-refractivity contribution >= 4 is 34.1 Å². The third-order valence-corrected chi connectivity index (χ3v) is 4.26. The van der Waals surface area contributed by atoms with E-state index in [4.69, 9.17) is 0 Å². The molecule has 0 unspecified atom stereocenters. The molecular weight excluding hydrogens is 339 g/mol. The van der Waals surface area contributed by atoms with E-state index in [1.165, 1.54) is 10.6 Å². The molecule has 0 atom stereocenters. The van der Waals surface area contributed by atoms with Crippen LogP contribution in [0.2, 0.25) is 0 Å². The highest BCUT2D eigenvalue weighted by Crippen LogP contribution is 2.28. The maximum Gasteiger partial charge on any atom is 0.431 e. The minimum absolute atomic E-state index is 0.0127. The Morgan fingerprint density at radius 1 is 1.25 bits per heavy atom. The Balaban J connectivity index is 1.98. The second-order valence-electron chi connectivity index (χ2n) is 5.01. The Labute approximate surface area is 139 Å². The molecule has 3 aromatic rings. The van der Waals surface area contributed by atoms with Crippen molar-refractivity contribution in [1.29, 1.82) is 0 Å². The second-order valence-corrected chi connectivity index (χ2v) is 5.95. The molecule has 0 aliphatic heterocycles. The Hall–Kier alpha value is -2.61. The van der Waals surface area contributed by atoms with Crippen molar-refractivity contribution in [1.82, 2.24) is 9.55 Å². The first-order chi connectivity index (χ1) is 11.4. The number of hydrogen-bond donors (Lipinski definition) is 1. The van der Waals surface area contributed by atoms with E-state index in [1.807, 2.05) is 0 Å². The number of benzene rings is 1. The number of alkyl halides is 3. The summed E-state index contributed by atoms with van der Waals surface area (Å²) < 4.78 is 41.3. The standard InChI is InChI=1S/C16H12F3N3OS/c1-22-11-6-3-2-5-10(11)20-15(22)21-14(16(17,18)19)9-12(23)13-7-4-8-24-13/h2-9H,1H3,(H,20,21). The fraction of sp³-hybridized carbons (Fsp3) is 0.125. The maximum absolute atomic E-state index is 13.3. The first-order valence-corrected chi connectivity index (χ1v) is 7.79. The average molecular weight is 351 g/mol. The van der Waals surface area contributed by atoms with Crippen molar-refractivity contribution in [2.75, 3.05) is 5.32 Å². The molecule has 3 rings (SSSR count). The third kappa shape index (κ3) is 3.18. The zero-order chi connectivity index (χ0) is 17.3. The summed E-state index contributed by atoms with van der Waals surface area (Å²) >= 11 is 1.09. The van der Waals surface area contributed by atoms with Crippen molar-refractivity contribution in [2.45, 2.75) is 6.18 Å². The van der Waals surface area contributed by atoms with Gasteiger partial charge in [-0.25, -0.2) is 4.98 Å². The Kier molecular flexibility index (Phi) is 4.15. The lowest BCUT2D eigenvalue weighted by atomic mass is 10.2. The number of nitrogens with one attached hydrogen (secondary N) is 1. The number of fused-ring (bicyclic) bond motifs is 1. The average Bonchev–Trinajstić information content (AvgIpc) is 3.15. The van der Waals surface area contributed by atoms with Crippen molar-refractivity contribution < 1.29 is 18.0 Å². The van der Waals surface area contributed by atoms with Gasteiger partial charge in [0.05, 0.1) is 15.9 Å². The molecule has 0 bridgehead atoms. The van der Waals surface area contributed by atoms with Crippen LogP contribution in [-0.4, -0.2) is 21.5 Å². The van der Waals surface area contributed by atoms with Gasteiger partial charge in [-0.2, -0.15) is 13.2 Å². The molecule has 0 saturated carbocycles. The lowest BCUT2D eigenvalue weighted by molar-refractivity contribution is -0.0904. The summed E-state index contributed by atoms with van der Waals surface area (Å²) in [5, 5.41) is 3.87. The number of rotatable bonds is 4. The number of hydrogen-bond acceptors (Lipinski definition) is 4. The minimum atomic E-state index is -4.70. The van der Waals surface area contributed by atoms with Crippen molar-refractivity contribution in [2.24, 2.45) is 7.05 Å². The first-order valence-electron chi connectivity index (χ1n) is 6.91. The zero-order valence-electron chi connectivity index (χ0n) is 12.5. The van der Waals surface area contributed by atoms with E-state index >= 15 is 0 Å². The molecular formula is C16H12F3N3OS. The summed E-state index contributed by atoms with van der Waals surface area (Å²) in [6.07, 6.45) is -4.14. The van der Waals surface area contributed by atoms with Crippen LogP contribution in [0, 0.1) is 0 Å². The number of aromatic nitrogens is 2. The van der Waals surface area contributed by atoms with Gasteiger partial charge in [-0.15, -0.1) is 11.3 Å². The largest absolute Gasteiger partial charge is 0.431 e. The number of ketones is 1. The summed E-state index contributed by atoms with van der Waals surface area (Å²) in [4.78, 5) is 16.4. The van der Waals surface area contributed by atoms with E-state index in [0.717, 1.165) is 11.3 Å². The number of allylic oxidation sites excluding steroid dienone is 2. The number of anilines is 1. The predicted molar refractivity (Wildman–Crippen MR) is 87.1 cm³/mol. The molecule has 1 aromatic carbocycles. The summed E-state index contributed by atoms with van der Waals surface area (Å²) in [5.74, 6) is -0.692. The summed E-state index contributed by atoms with van der Waals surface area (Å²) in [6, 6.07) is 10.1. The molecule has 2 aromatic heterocycles. The van der Waals surface area contributed by atoms with Gasteiger partial charge in [0, 0.05) is 13.1 Å². The normalized spacial score (nSPS) is 12.6. The highest BCUT2D eigenvalue weighted by atomic mass is 32.1. The number of para-hydroxylation sites is 2. The molecule has 0 radical (unpaired) electrons. The van der Waals surface area contributed by atoms with Crippen molar-refractivity contribution in [3.63, 3.8) is 0 Å². The van der Waals surface area contributed by atoms with Gasteiger partial charge < -0.3 is 9.88 Å². The minimum Gasteiger partial charge on any atom is -0.321 e. The SMILES string of the molecule is Cn1c(NC(=CC(=O)c2cccs2)C(F)(F)F)nc2ccccc21. The van der Waals surface area contributed by atoms with Crippen LogP contribution in [0.3, 0.4) is 0 Å². The smallest absolute Gasteiger partial charge is 0.321 e. The Morgan fingerprint density at radius 2 is 2.00 bits per heavy atom. The van der Waals surface area contributed by atoms with Gasteiger partial charge >= 0.3 is 6.18 Å². The molecule has 0 fully saturated rings. The van der Waals surface area contributed by atoms with Gasteiger partial charge in [-0.05, 0) is 23.6 Å². The maximum atomic E-state index is 13.3. The quantitative estimate of drug-likeness (QED) is 0.561. The van der Waals surface area contributed by atoms with Crippen molar-refractivity contribution in [3.05, 3.63) is 58.4 Å². The number of nitrogens with zero attached hydrogens (tertiary/aromatic N) is 2. The van der Waals surface area contributed by atoms with Gasteiger partial charge in [0.15, 0.2) is 5.78 Å². The van der Waals surface area contributed by atoms with E-state index in [1.54, 1.807) is 42.8 Å². The predicted octanol–water partition coefficient (Wildman–Crippen LogP) is 4.38. The Morgan fingerprint density at radius 3 is 2.62 bits per heavy atom. The van der Waals surface area contributed by atoms with Gasteiger partial charge in [0.2, 0.25) is 5.95 Å². The molecule has 2 heterocycles. The summed E-state index contributed by atoms with van der Waals surface area (Å²) in [6.45, 7) is 0. The number of aryl methyl sites for hydroxylation is 1. The van der Waals surface area contributed by atoms with Crippen molar-refractivity contribution in [3.8, 4) is 0 Å². The molecule has 0 aliphatic rings. The van der Waals surface area contributed by atoms with Gasteiger partial charge in [0.25, 0.3) is 0 Å². The van der Waals surface area contributed by atoms with Crippen LogP contribution in [0.25, 0.3) is 11.0 Å². The Bertz CT molecular complexity index is 910. The van der Waals surface area contributed by atoms with Gasteiger partial charge in [-0.1, -0.05) is 18.2 Å². The van der Waals surface area contributed by atoms with E-state index in [2.05, 4.69) is 10.3 Å². The number of carbonyl (C=O) groups is 1. The molecule has 0 amide bonds. The molecule has 8 heteroatoms. The fourth-order valence-corrected chi connectivity index (χ4v) is 2.82. The lowest BCUT2D eigenvalue weighted by Gasteiger charge is -2.13. The summed E-state index contributed by atoms with van der Waals surface area (Å²) in [7, 11) is 1.60. The first kappa shape index (κ1) is 16.3. The van der Waals surface area contributed by atoms with Crippen LogP contribution in [-0.2, 0) is 7.05 Å². The van der Waals surface area contributed by atoms with Crippen LogP contribution >= 0.6 is 11.3 Å². The number of thiophene rings is 1. The van der Waals surface area contributed by atoms with Gasteiger partial charge in [0.1, 0.15) is 5.70 Å². The molecule has 24 heavy (non-hydrogen) atoms. The second kappa shape index (κ2) is 6.12. The van der Waals surface area contributed by atoms with Gasteiger partial charge in [-0.3, -0.25) is 4.79 Å². The molecule has 0 aliphatic carbocycles. The highest BCUT2D eigenvalue weighted by molar-refractivity contribution is 7.12. The zero-order valence-corrected chi connectivity index (χ0v) is 13.3. The van der Waals surface area contributed by atoms with Crippen LogP contribution in [0.4, 0.5) is 19.1 Å². The topological polar surface area (TPSA) is 46.9 Å². The molecule has 1 N–H and O–H groups in total. The number of halogens is 3. The fourth-order valence-electron chi connectivity index (χ4n) is 2.19. The molecule has 0 saturated heterocycles. The van der Waals surface area contributed by atoms with Crippen LogP contribution < -0.4 is 5.32 Å². The van der Waals surface area contributed by atoms with Crippen LogP contribution in [0.5, 0.6) is 0 Å². The van der Waals surface area contributed by atoms with E-state index in [-0.39, 0.29) is 10.8 Å². The van der Waals surface area contributed by atoms with E-state index in [9.17, 15) is 18.0 Å². The third-order valence-electron chi connectivity index (χ3n) is 3.38. The molecule has 4 nitrogen and oxygen atoms in total. The lowest BCUT2D eigenvalue weighted by Crippen LogP contribution is -2.22. The van der Waals surface area contributed by atoms with Crippen LogP contribution in [0.1, 0.15) is 9.67 Å². The number of imidazole rings is 1. The summed E-state index contributed by atoms with van der Waals surface area (Å²) in [5.41, 5.74) is 0.0963. The van der Waals surface area contributed by atoms with E-state index in [0.29, 0.717) is 17.1 Å². The molecule has 0 spiro atoms. The molecule has 124 valence electrons. The van der Waals surface area contributed by atoms with E-state index < -0.39 is 17.7 Å². The number of carbonyl (C=O) groups excluding carboxylic acids is 1. The monoisotopic (exact) mass is 351 g/mol. The highest BCUT2D eigenvalue weighted by Gasteiger charge is 2.35.